The Morgan fingerprint density at radius 2 is 1.85 bits per heavy atom. The molecule has 3 nitrogen and oxygen atoms in total. The molecule has 3 aromatic rings. The molecule has 1 aliphatic rings. The number of carbonyl (C=O) groups is 1. The van der Waals surface area contributed by atoms with Gasteiger partial charge in [-0.05, 0) is 61.8 Å². The lowest BCUT2D eigenvalue weighted by atomic mass is 9.90. The second-order valence-electron chi connectivity index (χ2n) is 7.91. The lowest BCUT2D eigenvalue weighted by Gasteiger charge is -2.32. The first-order chi connectivity index (χ1) is 13.1. The number of fused-ring (bicyclic) bond motifs is 1. The third-order valence-corrected chi connectivity index (χ3v) is 5.77. The van der Waals surface area contributed by atoms with Gasteiger partial charge in [-0.2, -0.15) is 0 Å². The standard InChI is InChI=1S/C24H27NO2/c1-17-12-18(2)24-21(16-27-22(24)13-17)15-23(26)25-10-8-20(9-11-25)14-19-6-4-3-5-7-19/h3-7,12-13,16,20H,8-11,14-15H2,1-2H3. The summed E-state index contributed by atoms with van der Waals surface area (Å²) < 4.78 is 5.71. The highest BCUT2D eigenvalue weighted by molar-refractivity contribution is 5.90. The van der Waals surface area contributed by atoms with Crippen molar-refractivity contribution >= 4 is 16.9 Å². The first kappa shape index (κ1) is 17.8. The molecular formula is C24H27NO2. The normalized spacial score (nSPS) is 15.4. The van der Waals surface area contributed by atoms with E-state index in [1.165, 1.54) is 16.7 Å². The molecule has 3 heteroatoms. The number of hydrogen-bond donors (Lipinski definition) is 0. The molecule has 0 saturated carbocycles. The third-order valence-electron chi connectivity index (χ3n) is 5.77. The predicted molar refractivity (Wildman–Crippen MR) is 109 cm³/mol. The number of furan rings is 1. The monoisotopic (exact) mass is 361 g/mol. The second-order valence-corrected chi connectivity index (χ2v) is 7.91. The van der Waals surface area contributed by atoms with Gasteiger partial charge in [-0.25, -0.2) is 0 Å². The third kappa shape index (κ3) is 3.92. The van der Waals surface area contributed by atoms with Crippen LogP contribution in [-0.4, -0.2) is 23.9 Å². The summed E-state index contributed by atoms with van der Waals surface area (Å²) in [5.41, 5.74) is 5.67. The topological polar surface area (TPSA) is 33.5 Å². The van der Waals surface area contributed by atoms with Gasteiger partial charge in [-0.3, -0.25) is 4.79 Å². The van der Waals surface area contributed by atoms with Crippen molar-refractivity contribution in [1.29, 1.82) is 0 Å². The highest BCUT2D eigenvalue weighted by Gasteiger charge is 2.24. The van der Waals surface area contributed by atoms with Crippen molar-refractivity contribution in [3.63, 3.8) is 0 Å². The Labute approximate surface area is 161 Å². The fourth-order valence-corrected chi connectivity index (χ4v) is 4.37. The van der Waals surface area contributed by atoms with Gasteiger partial charge in [0.05, 0.1) is 12.7 Å². The van der Waals surface area contributed by atoms with Crippen LogP contribution >= 0.6 is 0 Å². The largest absolute Gasteiger partial charge is 0.464 e. The summed E-state index contributed by atoms with van der Waals surface area (Å²) in [6.07, 6.45) is 5.49. The van der Waals surface area contributed by atoms with Crippen LogP contribution in [0.2, 0.25) is 0 Å². The van der Waals surface area contributed by atoms with Crippen LogP contribution in [0.4, 0.5) is 0 Å². The zero-order valence-electron chi connectivity index (χ0n) is 16.2. The molecule has 1 saturated heterocycles. The summed E-state index contributed by atoms with van der Waals surface area (Å²) in [6, 6.07) is 14.9. The lowest BCUT2D eigenvalue weighted by molar-refractivity contribution is -0.131. The van der Waals surface area contributed by atoms with Crippen LogP contribution in [0, 0.1) is 19.8 Å². The maximum Gasteiger partial charge on any atom is 0.227 e. The fourth-order valence-electron chi connectivity index (χ4n) is 4.37. The Morgan fingerprint density at radius 1 is 1.11 bits per heavy atom. The van der Waals surface area contributed by atoms with E-state index < -0.39 is 0 Å². The molecule has 1 fully saturated rings. The van der Waals surface area contributed by atoms with Gasteiger partial charge in [0.1, 0.15) is 5.58 Å². The number of piperidine rings is 1. The van der Waals surface area contributed by atoms with Crippen molar-refractivity contribution in [2.24, 2.45) is 5.92 Å². The van der Waals surface area contributed by atoms with E-state index in [4.69, 9.17) is 4.42 Å². The number of amides is 1. The molecule has 0 atom stereocenters. The average Bonchev–Trinajstić information content (AvgIpc) is 3.06. The maximum atomic E-state index is 12.8. The van der Waals surface area contributed by atoms with Gasteiger partial charge in [0.2, 0.25) is 5.91 Å². The van der Waals surface area contributed by atoms with E-state index in [0.29, 0.717) is 12.3 Å². The molecule has 0 bridgehead atoms. The summed E-state index contributed by atoms with van der Waals surface area (Å²) in [5, 5.41) is 1.10. The quantitative estimate of drug-likeness (QED) is 0.650. The average molecular weight is 361 g/mol. The number of aryl methyl sites for hydroxylation is 2. The molecule has 0 aliphatic carbocycles. The van der Waals surface area contributed by atoms with Crippen LogP contribution in [0.15, 0.2) is 53.1 Å². The molecule has 0 unspecified atom stereocenters. The Balaban J connectivity index is 1.37. The summed E-state index contributed by atoms with van der Waals surface area (Å²) in [6.45, 7) is 5.89. The minimum Gasteiger partial charge on any atom is -0.464 e. The van der Waals surface area contributed by atoms with E-state index in [2.05, 4.69) is 50.2 Å². The minimum absolute atomic E-state index is 0.218. The highest BCUT2D eigenvalue weighted by atomic mass is 16.3. The van der Waals surface area contributed by atoms with Crippen LogP contribution in [0.3, 0.4) is 0 Å². The molecular weight excluding hydrogens is 334 g/mol. The van der Waals surface area contributed by atoms with Gasteiger partial charge in [0.25, 0.3) is 0 Å². The van der Waals surface area contributed by atoms with E-state index >= 15 is 0 Å². The van der Waals surface area contributed by atoms with Crippen LogP contribution in [-0.2, 0) is 17.6 Å². The van der Waals surface area contributed by atoms with Crippen LogP contribution in [0.1, 0.15) is 35.1 Å². The van der Waals surface area contributed by atoms with E-state index in [-0.39, 0.29) is 5.91 Å². The summed E-state index contributed by atoms with van der Waals surface area (Å²) in [5.74, 6) is 0.896. The van der Waals surface area contributed by atoms with Gasteiger partial charge in [-0.1, -0.05) is 36.4 Å². The molecule has 4 rings (SSSR count). The van der Waals surface area contributed by atoms with Crippen LogP contribution < -0.4 is 0 Å². The Hall–Kier alpha value is -2.55. The first-order valence-corrected chi connectivity index (χ1v) is 9.89. The maximum absolute atomic E-state index is 12.8. The fraction of sp³-hybridized carbons (Fsp3) is 0.375. The molecule has 1 aliphatic heterocycles. The zero-order valence-corrected chi connectivity index (χ0v) is 16.2. The second kappa shape index (κ2) is 7.59. The molecule has 1 amide bonds. The van der Waals surface area contributed by atoms with E-state index in [1.807, 2.05) is 11.0 Å². The zero-order chi connectivity index (χ0) is 18.8. The Kier molecular flexibility index (Phi) is 5.02. The van der Waals surface area contributed by atoms with Crippen molar-refractivity contribution < 1.29 is 9.21 Å². The molecule has 27 heavy (non-hydrogen) atoms. The number of hydrogen-bond acceptors (Lipinski definition) is 2. The molecule has 2 heterocycles. The molecule has 1 aromatic heterocycles. The van der Waals surface area contributed by atoms with Crippen molar-refractivity contribution in [1.82, 2.24) is 4.90 Å². The lowest BCUT2D eigenvalue weighted by Crippen LogP contribution is -2.39. The van der Waals surface area contributed by atoms with E-state index in [1.54, 1.807) is 6.26 Å². The number of rotatable bonds is 4. The first-order valence-electron chi connectivity index (χ1n) is 9.89. The van der Waals surface area contributed by atoms with Crippen LogP contribution in [0.25, 0.3) is 11.0 Å². The minimum atomic E-state index is 0.218. The number of benzene rings is 2. The van der Waals surface area contributed by atoms with Crippen molar-refractivity contribution in [2.75, 3.05) is 13.1 Å². The van der Waals surface area contributed by atoms with E-state index in [0.717, 1.165) is 48.9 Å². The highest BCUT2D eigenvalue weighted by Crippen LogP contribution is 2.28. The molecule has 0 N–H and O–H groups in total. The molecule has 2 aromatic carbocycles. The Morgan fingerprint density at radius 3 is 2.59 bits per heavy atom. The molecule has 0 spiro atoms. The molecule has 140 valence electrons. The van der Waals surface area contributed by atoms with Crippen molar-refractivity contribution in [2.45, 2.75) is 39.5 Å². The number of likely N-dealkylation sites (tertiary alicyclic amines) is 1. The smallest absolute Gasteiger partial charge is 0.227 e. The van der Waals surface area contributed by atoms with Gasteiger partial charge in [0.15, 0.2) is 0 Å². The van der Waals surface area contributed by atoms with Gasteiger partial charge in [-0.15, -0.1) is 0 Å². The van der Waals surface area contributed by atoms with E-state index in [9.17, 15) is 4.79 Å². The summed E-state index contributed by atoms with van der Waals surface area (Å²) in [7, 11) is 0. The number of nitrogens with zero attached hydrogens (tertiary/aromatic N) is 1. The van der Waals surface area contributed by atoms with Gasteiger partial charge in [0, 0.05) is 24.0 Å². The predicted octanol–water partition coefficient (Wildman–Crippen LogP) is 5.07. The Bertz CT molecular complexity index is 934. The van der Waals surface area contributed by atoms with Crippen molar-refractivity contribution in [3.8, 4) is 0 Å². The summed E-state index contributed by atoms with van der Waals surface area (Å²) >= 11 is 0. The SMILES string of the molecule is Cc1cc(C)c2c(CC(=O)N3CCC(Cc4ccccc4)CC3)coc2c1. The number of carbonyl (C=O) groups excluding carboxylic acids is 1. The van der Waals surface area contributed by atoms with Gasteiger partial charge >= 0.3 is 0 Å². The molecule has 0 radical (unpaired) electrons. The van der Waals surface area contributed by atoms with Gasteiger partial charge < -0.3 is 9.32 Å². The summed E-state index contributed by atoms with van der Waals surface area (Å²) in [4.78, 5) is 14.9. The van der Waals surface area contributed by atoms with Crippen molar-refractivity contribution in [3.05, 3.63) is 71.0 Å². The van der Waals surface area contributed by atoms with Crippen LogP contribution in [0.5, 0.6) is 0 Å².